The molecule has 24 heavy (non-hydrogen) atoms. The van der Waals surface area contributed by atoms with Gasteiger partial charge < -0.3 is 11.1 Å². The summed E-state index contributed by atoms with van der Waals surface area (Å²) in [6.07, 6.45) is 0. The van der Waals surface area contributed by atoms with Crippen molar-refractivity contribution in [2.24, 2.45) is 11.7 Å². The van der Waals surface area contributed by atoms with Gasteiger partial charge in [0.15, 0.2) is 0 Å². The van der Waals surface area contributed by atoms with Crippen molar-refractivity contribution in [2.75, 3.05) is 25.0 Å². The molecule has 1 saturated heterocycles. The first-order valence-corrected chi connectivity index (χ1v) is 8.49. The molecule has 1 fully saturated rings. The summed E-state index contributed by atoms with van der Waals surface area (Å²) >= 11 is 0. The van der Waals surface area contributed by atoms with Crippen LogP contribution in [-0.4, -0.2) is 30.4 Å². The van der Waals surface area contributed by atoms with Crippen molar-refractivity contribution in [3.63, 3.8) is 0 Å². The number of nitrogens with two attached hydrogens (primary N) is 1. The molecule has 0 aliphatic carbocycles. The third-order valence-electron chi connectivity index (χ3n) is 4.73. The molecule has 0 bridgehead atoms. The second kappa shape index (κ2) is 7.60. The molecule has 0 radical (unpaired) electrons. The van der Waals surface area contributed by atoms with Crippen LogP contribution in [0.1, 0.15) is 24.0 Å². The highest BCUT2D eigenvalue weighted by Crippen LogP contribution is 2.32. The Morgan fingerprint density at radius 3 is 2.46 bits per heavy atom. The van der Waals surface area contributed by atoms with Crippen LogP contribution >= 0.6 is 0 Å². The van der Waals surface area contributed by atoms with Crippen LogP contribution in [0.5, 0.6) is 0 Å². The van der Waals surface area contributed by atoms with Crippen molar-refractivity contribution in [3.05, 3.63) is 65.7 Å². The zero-order valence-electron chi connectivity index (χ0n) is 14.1. The first-order valence-electron chi connectivity index (χ1n) is 8.49. The molecule has 3 N–H and O–H groups in total. The van der Waals surface area contributed by atoms with Crippen molar-refractivity contribution in [1.29, 1.82) is 0 Å². The van der Waals surface area contributed by atoms with Gasteiger partial charge in [-0.1, -0.05) is 42.5 Å². The Bertz CT molecular complexity index is 669. The van der Waals surface area contributed by atoms with Crippen molar-refractivity contribution in [2.45, 2.75) is 19.4 Å². The Balaban J connectivity index is 1.65. The van der Waals surface area contributed by atoms with Crippen LogP contribution in [0.15, 0.2) is 54.6 Å². The fourth-order valence-corrected chi connectivity index (χ4v) is 3.56. The van der Waals surface area contributed by atoms with Crippen LogP contribution in [0.25, 0.3) is 0 Å². The van der Waals surface area contributed by atoms with Gasteiger partial charge in [0.1, 0.15) is 0 Å². The summed E-state index contributed by atoms with van der Waals surface area (Å²) in [5.41, 5.74) is 9.50. The van der Waals surface area contributed by atoms with E-state index in [2.05, 4.69) is 52.7 Å². The predicted octanol–water partition coefficient (Wildman–Crippen LogP) is 2.82. The molecule has 1 aliphatic heterocycles. The van der Waals surface area contributed by atoms with E-state index in [1.807, 2.05) is 12.1 Å². The maximum absolute atomic E-state index is 11.1. The average Bonchev–Trinajstić information content (AvgIpc) is 3.00. The molecular formula is C20H25N3O. The minimum Gasteiger partial charge on any atom is -0.330 e. The zero-order valence-corrected chi connectivity index (χ0v) is 14.1. The van der Waals surface area contributed by atoms with Crippen molar-refractivity contribution in [1.82, 2.24) is 4.90 Å². The van der Waals surface area contributed by atoms with E-state index in [1.54, 1.807) is 0 Å². The van der Waals surface area contributed by atoms with E-state index < -0.39 is 0 Å². The van der Waals surface area contributed by atoms with Gasteiger partial charge in [0.05, 0.1) is 0 Å². The minimum atomic E-state index is -0.0428. The van der Waals surface area contributed by atoms with Crippen molar-refractivity contribution >= 4 is 11.6 Å². The zero-order chi connectivity index (χ0) is 16.9. The Labute approximate surface area is 143 Å². The highest BCUT2D eigenvalue weighted by Gasteiger charge is 2.32. The minimum absolute atomic E-state index is 0.0428. The number of carbonyl (C=O) groups is 1. The lowest BCUT2D eigenvalue weighted by Crippen LogP contribution is -2.23. The number of amides is 1. The number of nitrogens with one attached hydrogen (secondary N) is 1. The van der Waals surface area contributed by atoms with Gasteiger partial charge in [-0.2, -0.15) is 0 Å². The van der Waals surface area contributed by atoms with Gasteiger partial charge in [0.25, 0.3) is 0 Å². The molecule has 4 heteroatoms. The molecule has 3 rings (SSSR count). The molecule has 0 aromatic heterocycles. The molecular weight excluding hydrogens is 298 g/mol. The lowest BCUT2D eigenvalue weighted by atomic mass is 9.89. The Kier molecular flexibility index (Phi) is 5.28. The smallest absolute Gasteiger partial charge is 0.221 e. The molecule has 4 nitrogen and oxygen atoms in total. The van der Waals surface area contributed by atoms with Crippen LogP contribution in [0.4, 0.5) is 5.69 Å². The van der Waals surface area contributed by atoms with Crippen LogP contribution in [0, 0.1) is 5.92 Å². The van der Waals surface area contributed by atoms with Gasteiger partial charge in [-0.3, -0.25) is 9.69 Å². The maximum Gasteiger partial charge on any atom is 0.221 e. The summed E-state index contributed by atoms with van der Waals surface area (Å²) in [4.78, 5) is 13.6. The molecule has 1 aliphatic rings. The van der Waals surface area contributed by atoms with E-state index in [0.717, 1.165) is 31.9 Å². The van der Waals surface area contributed by atoms with E-state index in [1.165, 1.54) is 18.1 Å². The monoisotopic (exact) mass is 323 g/mol. The quantitative estimate of drug-likeness (QED) is 0.889. The van der Waals surface area contributed by atoms with Crippen LogP contribution < -0.4 is 11.1 Å². The fourth-order valence-electron chi connectivity index (χ4n) is 3.56. The van der Waals surface area contributed by atoms with E-state index in [0.29, 0.717) is 11.8 Å². The second-order valence-corrected chi connectivity index (χ2v) is 6.59. The van der Waals surface area contributed by atoms with E-state index in [9.17, 15) is 4.79 Å². The highest BCUT2D eigenvalue weighted by atomic mass is 16.1. The number of anilines is 1. The van der Waals surface area contributed by atoms with E-state index >= 15 is 0 Å². The number of carbonyl (C=O) groups excluding carboxylic acids is 1. The number of nitrogens with zero attached hydrogens (tertiary/aromatic N) is 1. The van der Waals surface area contributed by atoms with Gasteiger partial charge in [0.2, 0.25) is 5.91 Å². The Morgan fingerprint density at radius 2 is 1.83 bits per heavy atom. The summed E-state index contributed by atoms with van der Waals surface area (Å²) in [6, 6.07) is 18.8. The van der Waals surface area contributed by atoms with Gasteiger partial charge >= 0.3 is 0 Å². The predicted molar refractivity (Wildman–Crippen MR) is 97.8 cm³/mol. The molecule has 0 saturated carbocycles. The number of rotatable bonds is 5. The summed E-state index contributed by atoms with van der Waals surface area (Å²) in [5, 5.41) is 2.80. The summed E-state index contributed by atoms with van der Waals surface area (Å²) in [5.74, 6) is 0.972. The summed E-state index contributed by atoms with van der Waals surface area (Å²) in [7, 11) is 0. The number of benzene rings is 2. The lowest BCUT2D eigenvalue weighted by molar-refractivity contribution is -0.114. The molecule has 1 heterocycles. The molecule has 1 amide bonds. The maximum atomic E-state index is 11.1. The van der Waals surface area contributed by atoms with Crippen LogP contribution in [0.3, 0.4) is 0 Å². The van der Waals surface area contributed by atoms with Crippen LogP contribution in [0.2, 0.25) is 0 Å². The largest absolute Gasteiger partial charge is 0.330 e. The number of hydrogen-bond acceptors (Lipinski definition) is 3. The Morgan fingerprint density at radius 1 is 1.12 bits per heavy atom. The van der Waals surface area contributed by atoms with Crippen molar-refractivity contribution in [3.8, 4) is 0 Å². The first-order chi connectivity index (χ1) is 11.7. The topological polar surface area (TPSA) is 58.4 Å². The summed E-state index contributed by atoms with van der Waals surface area (Å²) < 4.78 is 0. The average molecular weight is 323 g/mol. The molecule has 2 atom stereocenters. The SMILES string of the molecule is CC(=O)Nc1ccc(CN2C[C@@H](CN)[C@H](c3ccccc3)C2)cc1. The second-order valence-electron chi connectivity index (χ2n) is 6.59. The van der Waals surface area contributed by atoms with Gasteiger partial charge in [-0.05, 0) is 35.7 Å². The molecule has 0 spiro atoms. The Hall–Kier alpha value is -2.17. The normalized spacial score (nSPS) is 20.9. The number of likely N-dealkylation sites (tertiary alicyclic amines) is 1. The van der Waals surface area contributed by atoms with Crippen LogP contribution in [-0.2, 0) is 11.3 Å². The molecule has 2 aromatic carbocycles. The standard InChI is InChI=1S/C20H25N3O/c1-15(24)22-19-9-7-16(8-10-19)12-23-13-18(11-21)20(14-23)17-5-3-2-4-6-17/h2-10,18,20H,11-14,21H2,1H3,(H,22,24)/t18-,20+/m1/s1. The molecule has 126 valence electrons. The third-order valence-corrected chi connectivity index (χ3v) is 4.73. The third kappa shape index (κ3) is 4.02. The van der Waals surface area contributed by atoms with Gasteiger partial charge in [0, 0.05) is 38.2 Å². The highest BCUT2D eigenvalue weighted by molar-refractivity contribution is 5.88. The lowest BCUT2D eigenvalue weighted by Gasteiger charge is -2.17. The molecule has 0 unspecified atom stereocenters. The summed E-state index contributed by atoms with van der Waals surface area (Å²) in [6.45, 7) is 5.23. The van der Waals surface area contributed by atoms with Gasteiger partial charge in [-0.25, -0.2) is 0 Å². The fraction of sp³-hybridized carbons (Fsp3) is 0.350. The van der Waals surface area contributed by atoms with Gasteiger partial charge in [-0.15, -0.1) is 0 Å². The molecule has 2 aromatic rings. The van der Waals surface area contributed by atoms with E-state index in [-0.39, 0.29) is 5.91 Å². The first kappa shape index (κ1) is 16.7. The number of hydrogen-bond donors (Lipinski definition) is 2. The van der Waals surface area contributed by atoms with Crippen molar-refractivity contribution < 1.29 is 4.79 Å². The van der Waals surface area contributed by atoms with E-state index in [4.69, 9.17) is 5.73 Å².